The van der Waals surface area contributed by atoms with Crippen molar-refractivity contribution < 1.29 is 14.3 Å². The molecule has 1 saturated heterocycles. The number of nitrogens with one attached hydrogen (secondary N) is 1. The van der Waals surface area contributed by atoms with Gasteiger partial charge in [0.15, 0.2) is 11.6 Å². The first kappa shape index (κ1) is 15.8. The SMILES string of the molecule is CCNc1c(N2CCOCC2)ccc2c1C(=O)c1ccccc1C2=O. The van der Waals surface area contributed by atoms with Gasteiger partial charge in [-0.25, -0.2) is 0 Å². The fourth-order valence-electron chi connectivity index (χ4n) is 3.60. The summed E-state index contributed by atoms with van der Waals surface area (Å²) in [4.78, 5) is 28.2. The van der Waals surface area contributed by atoms with Crippen molar-refractivity contribution in [1.29, 1.82) is 0 Å². The second kappa shape index (κ2) is 6.33. The van der Waals surface area contributed by atoms with E-state index in [9.17, 15) is 9.59 Å². The highest BCUT2D eigenvalue weighted by atomic mass is 16.5. The molecule has 0 amide bonds. The first-order chi connectivity index (χ1) is 12.2. The summed E-state index contributed by atoms with van der Waals surface area (Å²) in [5.74, 6) is -0.172. The molecule has 1 aliphatic heterocycles. The topological polar surface area (TPSA) is 58.6 Å². The molecule has 4 rings (SSSR count). The van der Waals surface area contributed by atoms with Gasteiger partial charge in [-0.1, -0.05) is 24.3 Å². The summed E-state index contributed by atoms with van der Waals surface area (Å²) < 4.78 is 5.44. The van der Waals surface area contributed by atoms with Gasteiger partial charge in [0.2, 0.25) is 0 Å². The number of carbonyl (C=O) groups excluding carboxylic acids is 2. The molecule has 0 saturated carbocycles. The molecule has 0 spiro atoms. The van der Waals surface area contributed by atoms with E-state index in [1.165, 1.54) is 0 Å². The Bertz CT molecular complexity index is 854. The highest BCUT2D eigenvalue weighted by Crippen LogP contribution is 2.38. The van der Waals surface area contributed by atoms with Crippen molar-refractivity contribution in [3.63, 3.8) is 0 Å². The number of ether oxygens (including phenoxy) is 1. The fraction of sp³-hybridized carbons (Fsp3) is 0.300. The van der Waals surface area contributed by atoms with E-state index in [0.717, 1.165) is 24.5 Å². The van der Waals surface area contributed by atoms with Crippen molar-refractivity contribution in [3.05, 3.63) is 58.7 Å². The summed E-state index contributed by atoms with van der Waals surface area (Å²) in [6, 6.07) is 10.8. The number of benzene rings is 2. The van der Waals surface area contributed by atoms with Crippen molar-refractivity contribution in [2.24, 2.45) is 0 Å². The van der Waals surface area contributed by atoms with Crippen LogP contribution in [-0.4, -0.2) is 44.4 Å². The molecule has 0 bridgehead atoms. The lowest BCUT2D eigenvalue weighted by atomic mass is 9.82. The molecule has 0 radical (unpaired) electrons. The number of carbonyl (C=O) groups is 2. The lowest BCUT2D eigenvalue weighted by Gasteiger charge is -2.32. The minimum Gasteiger partial charge on any atom is -0.383 e. The molecule has 0 unspecified atom stereocenters. The van der Waals surface area contributed by atoms with Crippen molar-refractivity contribution in [3.8, 4) is 0 Å². The van der Waals surface area contributed by atoms with E-state index in [2.05, 4.69) is 10.2 Å². The van der Waals surface area contributed by atoms with Gasteiger partial charge < -0.3 is 15.0 Å². The van der Waals surface area contributed by atoms with E-state index in [4.69, 9.17) is 4.74 Å². The molecule has 2 aliphatic rings. The minimum absolute atomic E-state index is 0.0853. The molecular weight excluding hydrogens is 316 g/mol. The number of fused-ring (bicyclic) bond motifs is 2. The molecule has 1 fully saturated rings. The van der Waals surface area contributed by atoms with Gasteiger partial charge in [0.1, 0.15) is 0 Å². The molecule has 0 atom stereocenters. The monoisotopic (exact) mass is 336 g/mol. The van der Waals surface area contributed by atoms with Crippen LogP contribution < -0.4 is 10.2 Å². The third-order valence-corrected chi connectivity index (χ3v) is 4.78. The number of ketones is 2. The molecule has 128 valence electrons. The van der Waals surface area contributed by atoms with Crippen LogP contribution in [0.4, 0.5) is 11.4 Å². The van der Waals surface area contributed by atoms with Gasteiger partial charge >= 0.3 is 0 Å². The van der Waals surface area contributed by atoms with Gasteiger partial charge in [0, 0.05) is 36.3 Å². The molecule has 0 aromatic heterocycles. The van der Waals surface area contributed by atoms with Gasteiger partial charge in [-0.05, 0) is 19.1 Å². The summed E-state index contributed by atoms with van der Waals surface area (Å²) in [6.45, 7) is 5.55. The number of anilines is 2. The van der Waals surface area contributed by atoms with Gasteiger partial charge in [-0.2, -0.15) is 0 Å². The molecule has 25 heavy (non-hydrogen) atoms. The Balaban J connectivity index is 1.90. The van der Waals surface area contributed by atoms with Gasteiger partial charge in [0.05, 0.1) is 30.2 Å². The van der Waals surface area contributed by atoms with Crippen LogP contribution in [0, 0.1) is 0 Å². The number of hydrogen-bond acceptors (Lipinski definition) is 5. The fourth-order valence-corrected chi connectivity index (χ4v) is 3.60. The summed E-state index contributed by atoms with van der Waals surface area (Å²) >= 11 is 0. The number of rotatable bonds is 3. The van der Waals surface area contributed by atoms with E-state index in [-0.39, 0.29) is 11.6 Å². The lowest BCUT2D eigenvalue weighted by molar-refractivity contribution is 0.0979. The van der Waals surface area contributed by atoms with Crippen LogP contribution in [-0.2, 0) is 4.74 Å². The van der Waals surface area contributed by atoms with Crippen LogP contribution in [0.3, 0.4) is 0 Å². The minimum atomic E-state index is -0.0868. The maximum Gasteiger partial charge on any atom is 0.196 e. The van der Waals surface area contributed by atoms with E-state index in [0.29, 0.717) is 42.0 Å². The summed E-state index contributed by atoms with van der Waals surface area (Å²) in [6.07, 6.45) is 0. The van der Waals surface area contributed by atoms with E-state index < -0.39 is 0 Å². The predicted octanol–water partition coefficient (Wildman–Crippen LogP) is 2.73. The van der Waals surface area contributed by atoms with Crippen LogP contribution in [0.5, 0.6) is 0 Å². The third kappa shape index (κ3) is 2.51. The number of hydrogen-bond donors (Lipinski definition) is 1. The molecule has 5 heteroatoms. The molecule has 2 aromatic carbocycles. The van der Waals surface area contributed by atoms with Crippen LogP contribution in [0.25, 0.3) is 0 Å². The second-order valence-corrected chi connectivity index (χ2v) is 6.22. The van der Waals surface area contributed by atoms with E-state index in [1.54, 1.807) is 30.3 Å². The molecule has 1 heterocycles. The van der Waals surface area contributed by atoms with Crippen LogP contribution >= 0.6 is 0 Å². The number of nitrogens with zero attached hydrogens (tertiary/aromatic N) is 1. The lowest BCUT2D eigenvalue weighted by Crippen LogP contribution is -2.37. The van der Waals surface area contributed by atoms with Crippen molar-refractivity contribution in [1.82, 2.24) is 0 Å². The van der Waals surface area contributed by atoms with E-state index in [1.807, 2.05) is 13.0 Å². The standard InChI is InChI=1S/C20H20N2O3/c1-2-21-18-16(22-9-11-25-12-10-22)8-7-15-17(18)20(24)14-6-4-3-5-13(14)19(15)23/h3-8,21H,2,9-12H2,1H3. The third-order valence-electron chi connectivity index (χ3n) is 4.78. The molecule has 1 N–H and O–H groups in total. The smallest absolute Gasteiger partial charge is 0.196 e. The van der Waals surface area contributed by atoms with Crippen molar-refractivity contribution in [2.75, 3.05) is 43.1 Å². The first-order valence-electron chi connectivity index (χ1n) is 8.64. The summed E-state index contributed by atoms with van der Waals surface area (Å²) in [5, 5.41) is 3.33. The van der Waals surface area contributed by atoms with Gasteiger partial charge in [-0.3, -0.25) is 9.59 Å². The molecular formula is C20H20N2O3. The van der Waals surface area contributed by atoms with E-state index >= 15 is 0 Å². The molecule has 1 aliphatic carbocycles. The average molecular weight is 336 g/mol. The van der Waals surface area contributed by atoms with Crippen molar-refractivity contribution >= 4 is 22.9 Å². The second-order valence-electron chi connectivity index (χ2n) is 6.22. The Morgan fingerprint density at radius 3 is 2.32 bits per heavy atom. The Morgan fingerprint density at radius 1 is 0.960 bits per heavy atom. The molecule has 2 aromatic rings. The van der Waals surface area contributed by atoms with Crippen LogP contribution in [0.15, 0.2) is 36.4 Å². The zero-order chi connectivity index (χ0) is 17.4. The highest BCUT2D eigenvalue weighted by Gasteiger charge is 2.33. The Hall–Kier alpha value is -2.66. The normalized spacial score (nSPS) is 16.4. The zero-order valence-corrected chi connectivity index (χ0v) is 14.2. The predicted molar refractivity (Wildman–Crippen MR) is 96.9 cm³/mol. The Labute approximate surface area is 146 Å². The summed E-state index contributed by atoms with van der Waals surface area (Å²) in [7, 11) is 0. The summed E-state index contributed by atoms with van der Waals surface area (Å²) in [5.41, 5.74) is 3.67. The quantitative estimate of drug-likeness (QED) is 0.797. The van der Waals surface area contributed by atoms with Gasteiger partial charge in [-0.15, -0.1) is 0 Å². The largest absolute Gasteiger partial charge is 0.383 e. The maximum absolute atomic E-state index is 13.1. The first-order valence-corrected chi connectivity index (χ1v) is 8.64. The Kier molecular flexibility index (Phi) is 4.01. The van der Waals surface area contributed by atoms with Crippen molar-refractivity contribution in [2.45, 2.75) is 6.92 Å². The maximum atomic E-state index is 13.1. The van der Waals surface area contributed by atoms with Crippen LogP contribution in [0.1, 0.15) is 38.8 Å². The zero-order valence-electron chi connectivity index (χ0n) is 14.2. The van der Waals surface area contributed by atoms with Crippen LogP contribution in [0.2, 0.25) is 0 Å². The Morgan fingerprint density at radius 2 is 1.64 bits per heavy atom. The highest BCUT2D eigenvalue weighted by molar-refractivity contribution is 6.30. The van der Waals surface area contributed by atoms with Gasteiger partial charge in [0.25, 0.3) is 0 Å². The average Bonchev–Trinajstić information content (AvgIpc) is 2.67. The number of morpholine rings is 1. The molecule has 5 nitrogen and oxygen atoms in total.